The molecule has 0 atom stereocenters. The van der Waals surface area contributed by atoms with Crippen LogP contribution in [0, 0.1) is 6.92 Å². The number of benzene rings is 2. The highest BCUT2D eigenvalue weighted by atomic mass is 16.5. The van der Waals surface area contributed by atoms with Gasteiger partial charge in [0.05, 0.1) is 7.11 Å². The molecule has 4 heteroatoms. The second-order valence-corrected chi connectivity index (χ2v) is 5.08. The number of esters is 1. The first-order chi connectivity index (χ1) is 10.6. The Bertz CT molecular complexity index is 653. The SMILES string of the molecule is COC(=O)CCc1ccc(Oc2ccccc2CN)cc1C. The number of carbonyl (C=O) groups excluding carboxylic acids is 1. The van der Waals surface area contributed by atoms with Crippen LogP contribution in [0.15, 0.2) is 42.5 Å². The second-order valence-electron chi connectivity index (χ2n) is 5.08. The predicted octanol–water partition coefficient (Wildman–Crippen LogP) is 3.35. The van der Waals surface area contributed by atoms with E-state index < -0.39 is 0 Å². The monoisotopic (exact) mass is 299 g/mol. The van der Waals surface area contributed by atoms with Gasteiger partial charge in [-0.25, -0.2) is 0 Å². The third kappa shape index (κ3) is 4.09. The van der Waals surface area contributed by atoms with Crippen LogP contribution in [0.3, 0.4) is 0 Å². The highest BCUT2D eigenvalue weighted by molar-refractivity contribution is 5.69. The number of ether oxygens (including phenoxy) is 2. The van der Waals surface area contributed by atoms with E-state index >= 15 is 0 Å². The molecule has 2 aromatic carbocycles. The molecule has 0 spiro atoms. The van der Waals surface area contributed by atoms with Crippen LogP contribution in [0.5, 0.6) is 11.5 Å². The van der Waals surface area contributed by atoms with Crippen molar-refractivity contribution in [1.29, 1.82) is 0 Å². The Morgan fingerprint density at radius 3 is 2.59 bits per heavy atom. The van der Waals surface area contributed by atoms with Crippen molar-refractivity contribution in [3.05, 3.63) is 59.2 Å². The molecule has 2 N–H and O–H groups in total. The van der Waals surface area contributed by atoms with Crippen molar-refractivity contribution in [3.63, 3.8) is 0 Å². The molecule has 0 bridgehead atoms. The molecule has 22 heavy (non-hydrogen) atoms. The van der Waals surface area contributed by atoms with Crippen LogP contribution in [-0.4, -0.2) is 13.1 Å². The number of hydrogen-bond acceptors (Lipinski definition) is 4. The van der Waals surface area contributed by atoms with Crippen molar-refractivity contribution >= 4 is 5.97 Å². The van der Waals surface area contributed by atoms with Crippen molar-refractivity contribution < 1.29 is 14.3 Å². The fourth-order valence-electron chi connectivity index (χ4n) is 2.25. The minimum Gasteiger partial charge on any atom is -0.469 e. The van der Waals surface area contributed by atoms with E-state index in [0.717, 1.165) is 28.2 Å². The number of hydrogen-bond donors (Lipinski definition) is 1. The smallest absolute Gasteiger partial charge is 0.305 e. The summed E-state index contributed by atoms with van der Waals surface area (Å²) in [6.45, 7) is 2.45. The Morgan fingerprint density at radius 1 is 1.14 bits per heavy atom. The van der Waals surface area contributed by atoms with Crippen LogP contribution in [-0.2, 0) is 22.5 Å². The van der Waals surface area contributed by atoms with Crippen molar-refractivity contribution in [1.82, 2.24) is 0 Å². The largest absolute Gasteiger partial charge is 0.469 e. The second kappa shape index (κ2) is 7.61. The summed E-state index contributed by atoms with van der Waals surface area (Å²) >= 11 is 0. The number of para-hydroxylation sites is 1. The maximum Gasteiger partial charge on any atom is 0.305 e. The first kappa shape index (κ1) is 16.0. The summed E-state index contributed by atoms with van der Waals surface area (Å²) in [7, 11) is 1.40. The molecule has 0 aliphatic carbocycles. The van der Waals surface area contributed by atoms with Gasteiger partial charge in [-0.15, -0.1) is 0 Å². The molecule has 116 valence electrons. The normalized spacial score (nSPS) is 10.3. The minimum absolute atomic E-state index is 0.198. The van der Waals surface area contributed by atoms with Gasteiger partial charge >= 0.3 is 5.97 Å². The molecule has 0 saturated carbocycles. The number of nitrogens with two attached hydrogens (primary N) is 1. The maximum atomic E-state index is 11.2. The molecule has 0 aliphatic rings. The van der Waals surface area contributed by atoms with Crippen molar-refractivity contribution in [2.45, 2.75) is 26.3 Å². The molecule has 0 heterocycles. The molecular weight excluding hydrogens is 278 g/mol. The lowest BCUT2D eigenvalue weighted by Gasteiger charge is -2.12. The average Bonchev–Trinajstić information content (AvgIpc) is 2.54. The van der Waals surface area contributed by atoms with Gasteiger partial charge in [-0.1, -0.05) is 24.3 Å². The first-order valence-electron chi connectivity index (χ1n) is 7.26. The average molecular weight is 299 g/mol. The fourth-order valence-corrected chi connectivity index (χ4v) is 2.25. The Balaban J connectivity index is 2.10. The quantitative estimate of drug-likeness (QED) is 0.831. The summed E-state index contributed by atoms with van der Waals surface area (Å²) in [5.41, 5.74) is 8.89. The molecule has 0 unspecified atom stereocenters. The van der Waals surface area contributed by atoms with Crippen LogP contribution >= 0.6 is 0 Å². The van der Waals surface area contributed by atoms with Crippen LogP contribution < -0.4 is 10.5 Å². The molecule has 0 aliphatic heterocycles. The van der Waals surface area contributed by atoms with Crippen LogP contribution in [0.25, 0.3) is 0 Å². The Morgan fingerprint density at radius 2 is 1.91 bits per heavy atom. The molecule has 0 saturated heterocycles. The summed E-state index contributed by atoms with van der Waals surface area (Å²) < 4.78 is 10.6. The van der Waals surface area contributed by atoms with Gasteiger partial charge in [-0.3, -0.25) is 4.79 Å². The standard InChI is InChI=1S/C18H21NO3/c1-13-11-16(9-7-14(13)8-10-18(20)21-2)22-17-6-4-3-5-15(17)12-19/h3-7,9,11H,8,10,12,19H2,1-2H3. The van der Waals surface area contributed by atoms with Crippen LogP contribution in [0.4, 0.5) is 0 Å². The third-order valence-electron chi connectivity index (χ3n) is 3.56. The Labute approximate surface area is 130 Å². The summed E-state index contributed by atoms with van der Waals surface area (Å²) in [6.07, 6.45) is 1.05. The molecule has 0 fully saturated rings. The van der Waals surface area contributed by atoms with Gasteiger partial charge in [0.25, 0.3) is 0 Å². The van der Waals surface area contributed by atoms with E-state index in [0.29, 0.717) is 19.4 Å². The molecule has 0 amide bonds. The molecule has 0 radical (unpaired) electrons. The molecule has 4 nitrogen and oxygen atoms in total. The Kier molecular flexibility index (Phi) is 5.55. The minimum atomic E-state index is -0.198. The van der Waals surface area contributed by atoms with Gasteiger partial charge in [-0.05, 0) is 42.7 Å². The van der Waals surface area contributed by atoms with Gasteiger partial charge in [-0.2, -0.15) is 0 Å². The number of carbonyl (C=O) groups is 1. The van der Waals surface area contributed by atoms with Crippen LogP contribution in [0.1, 0.15) is 23.1 Å². The highest BCUT2D eigenvalue weighted by Crippen LogP contribution is 2.27. The van der Waals surface area contributed by atoms with Gasteiger partial charge in [0.2, 0.25) is 0 Å². The first-order valence-corrected chi connectivity index (χ1v) is 7.26. The predicted molar refractivity (Wildman–Crippen MR) is 85.9 cm³/mol. The lowest BCUT2D eigenvalue weighted by molar-refractivity contribution is -0.140. The summed E-state index contributed by atoms with van der Waals surface area (Å²) in [4.78, 5) is 11.2. The van der Waals surface area contributed by atoms with Gasteiger partial charge in [0, 0.05) is 18.5 Å². The number of methoxy groups -OCH3 is 1. The van der Waals surface area contributed by atoms with Gasteiger partial charge in [0.15, 0.2) is 0 Å². The molecule has 2 aromatic rings. The topological polar surface area (TPSA) is 61.5 Å². The van der Waals surface area contributed by atoms with E-state index in [4.69, 9.17) is 10.5 Å². The Hall–Kier alpha value is -2.33. The van der Waals surface area contributed by atoms with E-state index in [-0.39, 0.29) is 5.97 Å². The molecular formula is C18H21NO3. The zero-order valence-electron chi connectivity index (χ0n) is 13.0. The maximum absolute atomic E-state index is 11.2. The lowest BCUT2D eigenvalue weighted by atomic mass is 10.0. The van der Waals surface area contributed by atoms with Crippen LogP contribution in [0.2, 0.25) is 0 Å². The molecule has 2 rings (SSSR count). The zero-order chi connectivity index (χ0) is 15.9. The van der Waals surface area contributed by atoms with Gasteiger partial charge < -0.3 is 15.2 Å². The van der Waals surface area contributed by atoms with E-state index in [2.05, 4.69) is 4.74 Å². The molecule has 0 aromatic heterocycles. The summed E-state index contributed by atoms with van der Waals surface area (Å²) in [6, 6.07) is 13.6. The summed E-state index contributed by atoms with van der Waals surface area (Å²) in [5, 5.41) is 0. The lowest BCUT2D eigenvalue weighted by Crippen LogP contribution is -2.03. The van der Waals surface area contributed by atoms with E-state index in [1.54, 1.807) is 0 Å². The highest BCUT2D eigenvalue weighted by Gasteiger charge is 2.07. The third-order valence-corrected chi connectivity index (χ3v) is 3.56. The van der Waals surface area contributed by atoms with Gasteiger partial charge in [0.1, 0.15) is 11.5 Å². The fraction of sp³-hybridized carbons (Fsp3) is 0.278. The van der Waals surface area contributed by atoms with Crippen molar-refractivity contribution in [2.75, 3.05) is 7.11 Å². The van der Waals surface area contributed by atoms with E-state index in [1.165, 1.54) is 7.11 Å². The van der Waals surface area contributed by atoms with E-state index in [1.807, 2.05) is 49.4 Å². The van der Waals surface area contributed by atoms with E-state index in [9.17, 15) is 4.79 Å². The van der Waals surface area contributed by atoms with Crippen molar-refractivity contribution in [2.24, 2.45) is 5.73 Å². The number of rotatable bonds is 6. The summed E-state index contributed by atoms with van der Waals surface area (Å²) in [5.74, 6) is 1.34. The van der Waals surface area contributed by atoms with Crippen molar-refractivity contribution in [3.8, 4) is 11.5 Å². The number of aryl methyl sites for hydroxylation is 2. The zero-order valence-corrected chi connectivity index (χ0v) is 13.0.